The number of aliphatic hydroxyl groups excluding tert-OH is 1. The van der Waals surface area contributed by atoms with Crippen LogP contribution >= 0.6 is 0 Å². The highest BCUT2D eigenvalue weighted by Gasteiger charge is 2.40. The SMILES string of the molecule is CCC1C(O)CC(=O)N1c1ccc(C#N)c(C(F)(F)F)c1. The molecule has 0 radical (unpaired) electrons. The molecule has 0 aromatic heterocycles. The van der Waals surface area contributed by atoms with Crippen LogP contribution in [0.2, 0.25) is 0 Å². The van der Waals surface area contributed by atoms with Gasteiger partial charge in [-0.1, -0.05) is 6.92 Å². The molecular weight excluding hydrogens is 285 g/mol. The summed E-state index contributed by atoms with van der Waals surface area (Å²) in [6, 6.07) is 4.07. The van der Waals surface area contributed by atoms with Crippen LogP contribution in [0.1, 0.15) is 30.9 Å². The standard InChI is InChI=1S/C14H13F3N2O2/c1-2-11-12(20)6-13(21)19(11)9-4-3-8(7-18)10(5-9)14(15,16)17/h3-5,11-12,20H,2,6H2,1H3. The Morgan fingerprint density at radius 1 is 1.48 bits per heavy atom. The first-order valence-corrected chi connectivity index (χ1v) is 6.41. The van der Waals surface area contributed by atoms with Crippen molar-refractivity contribution in [3.8, 4) is 6.07 Å². The van der Waals surface area contributed by atoms with E-state index in [2.05, 4.69) is 0 Å². The highest BCUT2D eigenvalue weighted by Crippen LogP contribution is 2.36. The number of carbonyl (C=O) groups is 1. The van der Waals surface area contributed by atoms with Crippen LogP contribution in [0.5, 0.6) is 0 Å². The van der Waals surface area contributed by atoms with Gasteiger partial charge in [0.05, 0.1) is 35.8 Å². The summed E-state index contributed by atoms with van der Waals surface area (Å²) in [5, 5.41) is 18.5. The summed E-state index contributed by atoms with van der Waals surface area (Å²) >= 11 is 0. The number of benzene rings is 1. The van der Waals surface area contributed by atoms with E-state index in [-0.39, 0.29) is 12.1 Å². The maximum absolute atomic E-state index is 13.0. The molecule has 0 saturated carbocycles. The third-order valence-corrected chi connectivity index (χ3v) is 3.55. The number of hydrogen-bond donors (Lipinski definition) is 1. The molecule has 7 heteroatoms. The Hall–Kier alpha value is -2.07. The number of rotatable bonds is 2. The minimum atomic E-state index is -4.68. The fourth-order valence-electron chi connectivity index (χ4n) is 2.57. The molecule has 2 rings (SSSR count). The van der Waals surface area contributed by atoms with E-state index in [1.54, 1.807) is 6.92 Å². The van der Waals surface area contributed by atoms with Crippen molar-refractivity contribution in [1.29, 1.82) is 5.26 Å². The molecule has 0 aliphatic carbocycles. The minimum absolute atomic E-state index is 0.0507. The van der Waals surface area contributed by atoms with E-state index in [9.17, 15) is 23.1 Å². The van der Waals surface area contributed by atoms with Gasteiger partial charge in [0.15, 0.2) is 0 Å². The summed E-state index contributed by atoms with van der Waals surface area (Å²) in [4.78, 5) is 13.1. The monoisotopic (exact) mass is 298 g/mol. The van der Waals surface area contributed by atoms with E-state index in [4.69, 9.17) is 5.26 Å². The number of aliphatic hydroxyl groups is 1. The molecule has 1 fully saturated rings. The Morgan fingerprint density at radius 2 is 2.14 bits per heavy atom. The Bertz CT molecular complexity index is 607. The maximum Gasteiger partial charge on any atom is 0.417 e. The van der Waals surface area contributed by atoms with Crippen LogP contribution in [-0.4, -0.2) is 23.2 Å². The fraction of sp³-hybridized carbons (Fsp3) is 0.429. The quantitative estimate of drug-likeness (QED) is 0.912. The molecule has 1 N–H and O–H groups in total. The van der Waals surface area contributed by atoms with Crippen molar-refractivity contribution in [1.82, 2.24) is 0 Å². The second-order valence-electron chi connectivity index (χ2n) is 4.85. The lowest BCUT2D eigenvalue weighted by molar-refractivity contribution is -0.137. The van der Waals surface area contributed by atoms with E-state index < -0.39 is 35.4 Å². The molecule has 2 unspecified atom stereocenters. The molecular formula is C14H13F3N2O2. The lowest BCUT2D eigenvalue weighted by Crippen LogP contribution is -2.36. The number of amides is 1. The third kappa shape index (κ3) is 2.72. The molecule has 0 spiro atoms. The molecule has 1 aliphatic heterocycles. The number of hydrogen-bond acceptors (Lipinski definition) is 3. The van der Waals surface area contributed by atoms with Gasteiger partial charge < -0.3 is 10.0 Å². The maximum atomic E-state index is 13.0. The number of nitrogens with zero attached hydrogens (tertiary/aromatic N) is 2. The Labute approximate surface area is 119 Å². The van der Waals surface area contributed by atoms with E-state index in [0.717, 1.165) is 12.1 Å². The third-order valence-electron chi connectivity index (χ3n) is 3.55. The van der Waals surface area contributed by atoms with Gasteiger partial charge in [0.1, 0.15) is 0 Å². The molecule has 2 atom stereocenters. The highest BCUT2D eigenvalue weighted by molar-refractivity contribution is 5.97. The summed E-state index contributed by atoms with van der Waals surface area (Å²) in [5.41, 5.74) is -1.52. The van der Waals surface area contributed by atoms with E-state index in [1.807, 2.05) is 0 Å². The zero-order valence-corrected chi connectivity index (χ0v) is 11.2. The molecule has 4 nitrogen and oxygen atoms in total. The van der Waals surface area contributed by atoms with Crippen LogP contribution in [0.25, 0.3) is 0 Å². The van der Waals surface area contributed by atoms with Crippen molar-refractivity contribution >= 4 is 11.6 Å². The van der Waals surface area contributed by atoms with Gasteiger partial charge in [-0.15, -0.1) is 0 Å². The van der Waals surface area contributed by atoms with E-state index in [0.29, 0.717) is 6.42 Å². The van der Waals surface area contributed by atoms with Crippen molar-refractivity contribution in [3.63, 3.8) is 0 Å². The van der Waals surface area contributed by atoms with Crippen molar-refractivity contribution in [2.45, 2.75) is 38.1 Å². The van der Waals surface area contributed by atoms with Crippen LogP contribution in [-0.2, 0) is 11.0 Å². The fourth-order valence-corrected chi connectivity index (χ4v) is 2.57. The summed E-state index contributed by atoms with van der Waals surface area (Å²) < 4.78 is 38.9. The molecule has 1 aromatic carbocycles. The first kappa shape index (κ1) is 15.3. The summed E-state index contributed by atoms with van der Waals surface area (Å²) in [7, 11) is 0. The molecule has 1 saturated heterocycles. The van der Waals surface area contributed by atoms with Gasteiger partial charge in [0.2, 0.25) is 5.91 Å². The molecule has 21 heavy (non-hydrogen) atoms. The predicted molar refractivity (Wildman–Crippen MR) is 68.3 cm³/mol. The summed E-state index contributed by atoms with van der Waals surface area (Å²) in [5.74, 6) is -0.424. The van der Waals surface area contributed by atoms with Crippen molar-refractivity contribution in [2.75, 3.05) is 4.90 Å². The number of carbonyl (C=O) groups excluding carboxylic acids is 1. The Morgan fingerprint density at radius 3 is 2.67 bits per heavy atom. The summed E-state index contributed by atoms with van der Waals surface area (Å²) in [6.45, 7) is 1.74. The zero-order valence-electron chi connectivity index (χ0n) is 11.2. The van der Waals surface area contributed by atoms with Gasteiger partial charge in [-0.2, -0.15) is 18.4 Å². The van der Waals surface area contributed by atoms with Crippen molar-refractivity contribution in [3.05, 3.63) is 29.3 Å². The Kier molecular flexibility index (Phi) is 3.92. The normalized spacial score (nSPS) is 22.5. The lowest BCUT2D eigenvalue weighted by Gasteiger charge is -2.26. The van der Waals surface area contributed by atoms with Crippen LogP contribution in [0.15, 0.2) is 18.2 Å². The summed E-state index contributed by atoms with van der Waals surface area (Å²) in [6.07, 6.45) is -5.26. The molecule has 1 aromatic rings. The number of nitriles is 1. The second-order valence-corrected chi connectivity index (χ2v) is 4.85. The molecule has 1 heterocycles. The predicted octanol–water partition coefficient (Wildman–Crippen LogP) is 2.45. The molecule has 1 amide bonds. The van der Waals surface area contributed by atoms with Crippen molar-refractivity contribution in [2.24, 2.45) is 0 Å². The number of halogens is 3. The highest BCUT2D eigenvalue weighted by atomic mass is 19.4. The average molecular weight is 298 g/mol. The second kappa shape index (κ2) is 5.37. The molecule has 112 valence electrons. The van der Waals surface area contributed by atoms with Gasteiger partial charge in [-0.25, -0.2) is 0 Å². The largest absolute Gasteiger partial charge is 0.417 e. The molecule has 0 bridgehead atoms. The van der Waals surface area contributed by atoms with Crippen LogP contribution in [0.4, 0.5) is 18.9 Å². The van der Waals surface area contributed by atoms with Gasteiger partial charge in [0, 0.05) is 5.69 Å². The molecule has 1 aliphatic rings. The lowest BCUT2D eigenvalue weighted by atomic mass is 10.1. The smallest absolute Gasteiger partial charge is 0.390 e. The first-order valence-electron chi connectivity index (χ1n) is 6.41. The van der Waals surface area contributed by atoms with Gasteiger partial charge in [-0.05, 0) is 24.6 Å². The minimum Gasteiger partial charge on any atom is -0.390 e. The van der Waals surface area contributed by atoms with Gasteiger partial charge >= 0.3 is 6.18 Å². The van der Waals surface area contributed by atoms with Gasteiger partial charge in [-0.3, -0.25) is 4.79 Å². The van der Waals surface area contributed by atoms with E-state index >= 15 is 0 Å². The van der Waals surface area contributed by atoms with E-state index in [1.165, 1.54) is 17.0 Å². The van der Waals surface area contributed by atoms with Gasteiger partial charge in [0.25, 0.3) is 0 Å². The first-order chi connectivity index (χ1) is 9.79. The topological polar surface area (TPSA) is 64.3 Å². The van der Waals surface area contributed by atoms with Crippen LogP contribution < -0.4 is 4.90 Å². The van der Waals surface area contributed by atoms with Crippen molar-refractivity contribution < 1.29 is 23.1 Å². The number of alkyl halides is 3. The van der Waals surface area contributed by atoms with Crippen LogP contribution in [0, 0.1) is 11.3 Å². The zero-order chi connectivity index (χ0) is 15.8. The number of anilines is 1. The average Bonchev–Trinajstić information content (AvgIpc) is 2.71. The van der Waals surface area contributed by atoms with Crippen LogP contribution in [0.3, 0.4) is 0 Å². The Balaban J connectivity index is 2.51.